The summed E-state index contributed by atoms with van der Waals surface area (Å²) in [5.41, 5.74) is 10.4. The second-order valence-electron chi connectivity index (χ2n) is 13.1. The van der Waals surface area contributed by atoms with E-state index in [2.05, 4.69) is 97.9 Å². The van der Waals surface area contributed by atoms with Gasteiger partial charge in [0.15, 0.2) is 5.17 Å². The zero-order valence-electron chi connectivity index (χ0n) is 26.5. The topological polar surface area (TPSA) is 53.4 Å². The van der Waals surface area contributed by atoms with Crippen LogP contribution in [0.15, 0.2) is 85.0 Å². The Kier molecular flexibility index (Phi) is 8.50. The van der Waals surface area contributed by atoms with Crippen LogP contribution in [-0.4, -0.2) is 33.0 Å². The molecule has 0 spiro atoms. The first kappa shape index (κ1) is 29.8. The summed E-state index contributed by atoms with van der Waals surface area (Å²) in [6.45, 7) is 14.9. The first-order valence-corrected chi connectivity index (χ1v) is 17.3. The van der Waals surface area contributed by atoms with Gasteiger partial charge in [-0.1, -0.05) is 87.2 Å². The van der Waals surface area contributed by atoms with Crippen molar-refractivity contribution in [1.29, 1.82) is 0 Å². The van der Waals surface area contributed by atoms with E-state index in [-0.39, 0.29) is 6.04 Å². The van der Waals surface area contributed by atoms with E-state index in [0.717, 1.165) is 65.0 Å². The molecule has 0 bridgehead atoms. The van der Waals surface area contributed by atoms with E-state index in [4.69, 9.17) is 15.0 Å². The van der Waals surface area contributed by atoms with Crippen LogP contribution in [-0.2, 0) is 19.4 Å². The molecule has 3 aromatic rings. The van der Waals surface area contributed by atoms with Gasteiger partial charge < -0.3 is 10.2 Å². The lowest BCUT2D eigenvalue weighted by Gasteiger charge is -2.31. The van der Waals surface area contributed by atoms with Crippen LogP contribution in [0.4, 0.5) is 5.82 Å². The van der Waals surface area contributed by atoms with E-state index in [9.17, 15) is 0 Å². The predicted octanol–water partition coefficient (Wildman–Crippen LogP) is 8.55. The monoisotopic (exact) mass is 613 g/mol. The molecule has 0 amide bonds. The maximum absolute atomic E-state index is 5.17. The largest absolute Gasteiger partial charge is 0.352 e. The number of anilines is 1. The maximum Gasteiger partial charge on any atom is 0.162 e. The molecular formula is C39H43N5S. The highest BCUT2D eigenvalue weighted by Crippen LogP contribution is 2.36. The van der Waals surface area contributed by atoms with Gasteiger partial charge in [0.1, 0.15) is 5.82 Å². The predicted molar refractivity (Wildman–Crippen MR) is 191 cm³/mol. The average molecular weight is 614 g/mol. The Bertz CT molecular complexity index is 1710. The van der Waals surface area contributed by atoms with E-state index in [1.165, 1.54) is 59.9 Å². The quantitative estimate of drug-likeness (QED) is 0.289. The van der Waals surface area contributed by atoms with Crippen LogP contribution < -0.4 is 10.2 Å². The number of benzene rings is 1. The second kappa shape index (κ2) is 12.8. The lowest BCUT2D eigenvalue weighted by Crippen LogP contribution is -2.33. The molecular weight excluding hydrogens is 571 g/mol. The molecule has 4 heterocycles. The van der Waals surface area contributed by atoms with Gasteiger partial charge in [0.2, 0.25) is 0 Å². The third-order valence-electron chi connectivity index (χ3n) is 10.1. The van der Waals surface area contributed by atoms with Crippen molar-refractivity contribution in [2.24, 2.45) is 16.8 Å². The van der Waals surface area contributed by atoms with Gasteiger partial charge in [-0.05, 0) is 91.0 Å². The normalized spacial score (nSPS) is 23.7. The number of allylic oxidation sites excluding steroid dienone is 2. The molecule has 2 aliphatic carbocycles. The van der Waals surface area contributed by atoms with Gasteiger partial charge in [-0.2, -0.15) is 0 Å². The molecule has 1 saturated carbocycles. The summed E-state index contributed by atoms with van der Waals surface area (Å²) in [5, 5.41) is 4.73. The number of rotatable bonds is 7. The fourth-order valence-electron chi connectivity index (χ4n) is 7.33. The molecule has 2 unspecified atom stereocenters. The molecule has 7 rings (SSSR count). The summed E-state index contributed by atoms with van der Waals surface area (Å²) in [6, 6.07) is 13.5. The van der Waals surface area contributed by atoms with Gasteiger partial charge >= 0.3 is 0 Å². The number of aliphatic imine (C=N–C) groups is 1. The number of nitrogens with zero attached hydrogens (tertiary/aromatic N) is 4. The minimum absolute atomic E-state index is 0.184. The summed E-state index contributed by atoms with van der Waals surface area (Å²) in [6.07, 6.45) is 19.9. The molecule has 4 aliphatic rings. The van der Waals surface area contributed by atoms with Gasteiger partial charge in [0.25, 0.3) is 0 Å². The smallest absolute Gasteiger partial charge is 0.162 e. The molecule has 6 heteroatoms. The Labute approximate surface area is 272 Å². The van der Waals surface area contributed by atoms with E-state index in [1.54, 1.807) is 11.8 Å². The van der Waals surface area contributed by atoms with Gasteiger partial charge in [0.05, 0.1) is 28.4 Å². The Morgan fingerprint density at radius 1 is 1.07 bits per heavy atom. The average Bonchev–Trinajstić information content (AvgIpc) is 3.48. The molecule has 1 fully saturated rings. The van der Waals surface area contributed by atoms with E-state index >= 15 is 0 Å². The van der Waals surface area contributed by atoms with Crippen LogP contribution in [0.1, 0.15) is 66.2 Å². The van der Waals surface area contributed by atoms with Crippen molar-refractivity contribution in [2.75, 3.05) is 11.4 Å². The van der Waals surface area contributed by atoms with Crippen molar-refractivity contribution in [3.8, 4) is 11.1 Å². The second-order valence-corrected chi connectivity index (χ2v) is 14.2. The van der Waals surface area contributed by atoms with Crippen LogP contribution in [0, 0.1) is 18.8 Å². The SMILES string of the molecule is C=Cc1nc(N2CCc3ccnc(C(=C)NC4=NC5C=CC=CC5S4)c3C2)ccc1-c1cccc(CC2CCC(C)CC2)c1C. The Morgan fingerprint density at radius 3 is 2.73 bits per heavy atom. The lowest BCUT2D eigenvalue weighted by molar-refractivity contribution is 0.288. The van der Waals surface area contributed by atoms with Crippen molar-refractivity contribution >= 4 is 34.5 Å². The fraction of sp³-hybridized carbons (Fsp3) is 0.359. The standard InChI is InChI=1S/C39H43N5S/c1-5-34-32(31-10-8-9-30(26(31)3)23-28-15-13-25(2)14-16-28)17-18-37(42-34)44-22-20-29-19-21-40-38(33(29)24-44)27(4)41-39-43-35-11-6-7-12-36(35)45-39/h5-12,17-19,21,25,28,35-36H,1,4,13-16,20,22-24H2,2-3H3,(H,41,43). The third-order valence-corrected chi connectivity index (χ3v) is 11.2. The third kappa shape index (κ3) is 6.17. The van der Waals surface area contributed by atoms with E-state index in [0.29, 0.717) is 5.25 Å². The van der Waals surface area contributed by atoms with Crippen molar-refractivity contribution in [1.82, 2.24) is 15.3 Å². The molecule has 230 valence electrons. The summed E-state index contributed by atoms with van der Waals surface area (Å²) in [5.74, 6) is 2.65. The molecule has 0 radical (unpaired) electrons. The first-order chi connectivity index (χ1) is 22.0. The van der Waals surface area contributed by atoms with E-state index < -0.39 is 0 Å². The fourth-order valence-corrected chi connectivity index (χ4v) is 8.42. The summed E-state index contributed by atoms with van der Waals surface area (Å²) in [7, 11) is 0. The minimum Gasteiger partial charge on any atom is -0.352 e. The lowest BCUT2D eigenvalue weighted by atomic mass is 9.79. The maximum atomic E-state index is 5.17. The summed E-state index contributed by atoms with van der Waals surface area (Å²) < 4.78 is 0. The van der Waals surface area contributed by atoms with Crippen LogP contribution in [0.3, 0.4) is 0 Å². The number of thioether (sulfide) groups is 1. The Morgan fingerprint density at radius 2 is 1.91 bits per heavy atom. The summed E-state index contributed by atoms with van der Waals surface area (Å²) in [4.78, 5) is 17.2. The molecule has 0 saturated heterocycles. The molecule has 2 atom stereocenters. The van der Waals surface area contributed by atoms with Crippen molar-refractivity contribution in [3.63, 3.8) is 0 Å². The van der Waals surface area contributed by atoms with Crippen LogP contribution in [0.5, 0.6) is 0 Å². The zero-order chi connectivity index (χ0) is 30.9. The molecule has 45 heavy (non-hydrogen) atoms. The highest BCUT2D eigenvalue weighted by Gasteiger charge is 2.29. The first-order valence-electron chi connectivity index (χ1n) is 16.5. The van der Waals surface area contributed by atoms with Gasteiger partial charge in [0, 0.05) is 30.4 Å². The number of pyridine rings is 2. The van der Waals surface area contributed by atoms with Crippen molar-refractivity contribution in [3.05, 3.63) is 114 Å². The zero-order valence-corrected chi connectivity index (χ0v) is 27.3. The summed E-state index contributed by atoms with van der Waals surface area (Å²) >= 11 is 1.75. The number of nitrogens with one attached hydrogen (secondary N) is 1. The highest BCUT2D eigenvalue weighted by molar-refractivity contribution is 8.14. The number of fused-ring (bicyclic) bond motifs is 2. The van der Waals surface area contributed by atoms with Gasteiger partial charge in [-0.3, -0.25) is 9.98 Å². The molecule has 5 nitrogen and oxygen atoms in total. The Balaban J connectivity index is 1.10. The highest BCUT2D eigenvalue weighted by atomic mass is 32.2. The molecule has 1 N–H and O–H groups in total. The Hall–Kier alpha value is -3.90. The number of hydrogen-bond donors (Lipinski definition) is 1. The van der Waals surface area contributed by atoms with Gasteiger partial charge in [-0.15, -0.1) is 0 Å². The van der Waals surface area contributed by atoms with Crippen LogP contribution in [0.25, 0.3) is 22.9 Å². The molecule has 1 aromatic carbocycles. The van der Waals surface area contributed by atoms with Crippen LogP contribution >= 0.6 is 11.8 Å². The molecule has 2 aliphatic heterocycles. The van der Waals surface area contributed by atoms with Gasteiger partial charge in [-0.25, -0.2) is 4.98 Å². The number of hydrogen-bond acceptors (Lipinski definition) is 6. The number of aromatic nitrogens is 2. The van der Waals surface area contributed by atoms with Crippen molar-refractivity contribution < 1.29 is 0 Å². The van der Waals surface area contributed by atoms with Crippen LogP contribution in [0.2, 0.25) is 0 Å². The van der Waals surface area contributed by atoms with E-state index in [1.807, 2.05) is 12.3 Å². The number of amidine groups is 1. The van der Waals surface area contributed by atoms with Crippen molar-refractivity contribution in [2.45, 2.75) is 70.2 Å². The minimum atomic E-state index is 0.184. The molecule has 2 aromatic heterocycles.